The summed E-state index contributed by atoms with van der Waals surface area (Å²) in [6.07, 6.45) is 4.23. The molecule has 0 radical (unpaired) electrons. The molecule has 0 bridgehead atoms. The second-order valence-corrected chi connectivity index (χ2v) is 5.74. The maximum absolute atomic E-state index is 4.75. The van der Waals surface area contributed by atoms with Crippen LogP contribution in [-0.4, -0.2) is 25.1 Å². The minimum Gasteiger partial charge on any atom is -0.348 e. The molecule has 1 heterocycles. The third kappa shape index (κ3) is 2.99. The van der Waals surface area contributed by atoms with Crippen LogP contribution >= 0.6 is 11.3 Å². The zero-order chi connectivity index (χ0) is 12.3. The van der Waals surface area contributed by atoms with E-state index in [1.54, 1.807) is 11.3 Å². The van der Waals surface area contributed by atoms with Gasteiger partial charge in [0.2, 0.25) is 0 Å². The van der Waals surface area contributed by atoms with Gasteiger partial charge in [0.15, 0.2) is 5.13 Å². The predicted molar refractivity (Wildman–Crippen MR) is 74.8 cm³/mol. The van der Waals surface area contributed by atoms with Crippen molar-refractivity contribution < 1.29 is 0 Å². The zero-order valence-electron chi connectivity index (χ0n) is 11.1. The Kier molecular flexibility index (Phi) is 4.40. The molecule has 2 rings (SSSR count). The Balaban J connectivity index is 2.00. The monoisotopic (exact) mass is 253 g/mol. The number of rotatable bonds is 6. The molecule has 1 aliphatic rings. The van der Waals surface area contributed by atoms with Crippen molar-refractivity contribution in [2.24, 2.45) is 5.92 Å². The molecule has 96 valence electrons. The average molecular weight is 253 g/mol. The predicted octanol–water partition coefficient (Wildman–Crippen LogP) is 3.05. The van der Waals surface area contributed by atoms with Gasteiger partial charge in [0.1, 0.15) is 0 Å². The van der Waals surface area contributed by atoms with E-state index in [2.05, 4.69) is 29.4 Å². The lowest BCUT2D eigenvalue weighted by atomic mass is 9.85. The van der Waals surface area contributed by atoms with Gasteiger partial charge in [0.05, 0.1) is 5.69 Å². The summed E-state index contributed by atoms with van der Waals surface area (Å²) in [7, 11) is 1.98. The molecule has 1 aromatic heterocycles. The van der Waals surface area contributed by atoms with E-state index >= 15 is 0 Å². The normalized spacial score (nSPS) is 17.8. The van der Waals surface area contributed by atoms with E-state index < -0.39 is 0 Å². The molecule has 1 unspecified atom stereocenters. The molecular weight excluding hydrogens is 230 g/mol. The van der Waals surface area contributed by atoms with E-state index in [4.69, 9.17) is 4.98 Å². The largest absolute Gasteiger partial charge is 0.348 e. The molecule has 0 aliphatic heterocycles. The Morgan fingerprint density at radius 3 is 2.88 bits per heavy atom. The molecule has 4 heteroatoms. The molecule has 0 saturated heterocycles. The summed E-state index contributed by atoms with van der Waals surface area (Å²) >= 11 is 1.78. The first-order valence-corrected chi connectivity index (χ1v) is 7.50. The van der Waals surface area contributed by atoms with Crippen molar-refractivity contribution in [2.75, 3.05) is 25.0 Å². The van der Waals surface area contributed by atoms with Gasteiger partial charge < -0.3 is 10.2 Å². The van der Waals surface area contributed by atoms with Crippen LogP contribution in [0, 0.1) is 5.92 Å². The maximum atomic E-state index is 4.75. The van der Waals surface area contributed by atoms with Crippen molar-refractivity contribution in [1.29, 1.82) is 0 Å². The first-order chi connectivity index (χ1) is 8.24. The van der Waals surface area contributed by atoms with Crippen LogP contribution in [0.1, 0.15) is 44.8 Å². The highest BCUT2D eigenvalue weighted by atomic mass is 32.1. The molecule has 1 N–H and O–H groups in total. The highest BCUT2D eigenvalue weighted by molar-refractivity contribution is 7.13. The van der Waals surface area contributed by atoms with Crippen LogP contribution in [0.2, 0.25) is 0 Å². The SMILES string of the molecule is CCN(CC1CCC1)c1nc(C(C)NC)cs1. The third-order valence-electron chi connectivity index (χ3n) is 3.74. The fourth-order valence-electron chi connectivity index (χ4n) is 2.10. The lowest BCUT2D eigenvalue weighted by Crippen LogP contribution is -2.32. The number of aromatic nitrogens is 1. The van der Waals surface area contributed by atoms with Gasteiger partial charge in [-0.25, -0.2) is 4.98 Å². The van der Waals surface area contributed by atoms with E-state index in [9.17, 15) is 0 Å². The second kappa shape index (κ2) is 5.83. The van der Waals surface area contributed by atoms with E-state index in [1.165, 1.54) is 36.6 Å². The molecule has 0 aromatic carbocycles. The average Bonchev–Trinajstić information content (AvgIpc) is 2.76. The Bertz CT molecular complexity index is 346. The van der Waals surface area contributed by atoms with Gasteiger partial charge in [0, 0.05) is 24.5 Å². The number of hydrogen-bond donors (Lipinski definition) is 1. The quantitative estimate of drug-likeness (QED) is 0.844. The van der Waals surface area contributed by atoms with Gasteiger partial charge in [-0.15, -0.1) is 11.3 Å². The number of nitrogens with zero attached hydrogens (tertiary/aromatic N) is 2. The maximum Gasteiger partial charge on any atom is 0.185 e. The first-order valence-electron chi connectivity index (χ1n) is 6.62. The van der Waals surface area contributed by atoms with Crippen LogP contribution in [0.4, 0.5) is 5.13 Å². The van der Waals surface area contributed by atoms with E-state index in [-0.39, 0.29) is 0 Å². The Hall–Kier alpha value is -0.610. The van der Waals surface area contributed by atoms with Crippen LogP contribution in [-0.2, 0) is 0 Å². The van der Waals surface area contributed by atoms with Crippen molar-refractivity contribution in [3.63, 3.8) is 0 Å². The molecular formula is C13H23N3S. The van der Waals surface area contributed by atoms with Crippen LogP contribution in [0.15, 0.2) is 5.38 Å². The minimum absolute atomic E-state index is 0.349. The second-order valence-electron chi connectivity index (χ2n) is 4.90. The molecule has 1 aromatic rings. The Labute approximate surface area is 108 Å². The number of anilines is 1. The number of hydrogen-bond acceptors (Lipinski definition) is 4. The zero-order valence-corrected chi connectivity index (χ0v) is 11.9. The summed E-state index contributed by atoms with van der Waals surface area (Å²) in [6.45, 7) is 6.64. The summed E-state index contributed by atoms with van der Waals surface area (Å²) in [5.74, 6) is 0.907. The fourth-order valence-corrected chi connectivity index (χ4v) is 3.09. The third-order valence-corrected chi connectivity index (χ3v) is 4.66. The van der Waals surface area contributed by atoms with Crippen LogP contribution < -0.4 is 10.2 Å². The van der Waals surface area contributed by atoms with E-state index in [0.717, 1.165) is 12.5 Å². The topological polar surface area (TPSA) is 28.2 Å². The van der Waals surface area contributed by atoms with Crippen LogP contribution in [0.3, 0.4) is 0 Å². The minimum atomic E-state index is 0.349. The molecule has 1 fully saturated rings. The van der Waals surface area contributed by atoms with Crippen molar-refractivity contribution in [3.8, 4) is 0 Å². The molecule has 1 aliphatic carbocycles. The van der Waals surface area contributed by atoms with Crippen molar-refractivity contribution in [2.45, 2.75) is 39.2 Å². The Morgan fingerprint density at radius 2 is 2.35 bits per heavy atom. The van der Waals surface area contributed by atoms with Crippen LogP contribution in [0.5, 0.6) is 0 Å². The number of nitrogens with one attached hydrogen (secondary N) is 1. The smallest absolute Gasteiger partial charge is 0.185 e. The number of thiazole rings is 1. The summed E-state index contributed by atoms with van der Waals surface area (Å²) < 4.78 is 0. The molecule has 0 spiro atoms. The van der Waals surface area contributed by atoms with Gasteiger partial charge in [-0.2, -0.15) is 0 Å². The lowest BCUT2D eigenvalue weighted by molar-refractivity contribution is 0.318. The van der Waals surface area contributed by atoms with Gasteiger partial charge in [-0.1, -0.05) is 6.42 Å². The molecule has 0 amide bonds. The lowest BCUT2D eigenvalue weighted by Gasteiger charge is -2.31. The van der Waals surface area contributed by atoms with E-state index in [1.807, 2.05) is 7.05 Å². The molecule has 3 nitrogen and oxygen atoms in total. The van der Waals surface area contributed by atoms with Crippen LogP contribution in [0.25, 0.3) is 0 Å². The van der Waals surface area contributed by atoms with Gasteiger partial charge in [-0.3, -0.25) is 0 Å². The van der Waals surface area contributed by atoms with Crippen molar-refractivity contribution >= 4 is 16.5 Å². The highest BCUT2D eigenvalue weighted by Gasteiger charge is 2.21. The first kappa shape index (κ1) is 12.8. The summed E-state index contributed by atoms with van der Waals surface area (Å²) in [6, 6.07) is 0.349. The summed E-state index contributed by atoms with van der Waals surface area (Å²) in [5.41, 5.74) is 1.17. The molecule has 17 heavy (non-hydrogen) atoms. The van der Waals surface area contributed by atoms with Gasteiger partial charge in [-0.05, 0) is 39.7 Å². The molecule has 1 saturated carbocycles. The fraction of sp³-hybridized carbons (Fsp3) is 0.769. The summed E-state index contributed by atoms with van der Waals surface area (Å²) in [5, 5.41) is 6.61. The molecule has 1 atom stereocenters. The summed E-state index contributed by atoms with van der Waals surface area (Å²) in [4.78, 5) is 7.18. The standard InChI is InChI=1S/C13H23N3S/c1-4-16(8-11-6-5-7-11)13-15-12(9-17-13)10(2)14-3/h9-11,14H,4-8H2,1-3H3. The van der Waals surface area contributed by atoms with E-state index in [0.29, 0.717) is 6.04 Å². The van der Waals surface area contributed by atoms with Crippen molar-refractivity contribution in [3.05, 3.63) is 11.1 Å². The van der Waals surface area contributed by atoms with Crippen molar-refractivity contribution in [1.82, 2.24) is 10.3 Å². The Morgan fingerprint density at radius 1 is 1.59 bits per heavy atom. The van der Waals surface area contributed by atoms with Gasteiger partial charge in [0.25, 0.3) is 0 Å². The highest BCUT2D eigenvalue weighted by Crippen LogP contribution is 2.30. The van der Waals surface area contributed by atoms with Gasteiger partial charge >= 0.3 is 0 Å².